The fourth-order valence-electron chi connectivity index (χ4n) is 3.65. The van der Waals surface area contributed by atoms with E-state index in [-0.39, 0.29) is 5.91 Å². The highest BCUT2D eigenvalue weighted by Crippen LogP contribution is 2.37. The zero-order chi connectivity index (χ0) is 15.9. The van der Waals surface area contributed by atoms with Gasteiger partial charge in [-0.25, -0.2) is 0 Å². The molecule has 0 saturated heterocycles. The number of carbonyl (C=O) groups excluding carboxylic acids is 1. The van der Waals surface area contributed by atoms with E-state index < -0.39 is 0 Å². The third-order valence-electron chi connectivity index (χ3n) is 4.65. The van der Waals surface area contributed by atoms with Gasteiger partial charge >= 0.3 is 0 Å². The lowest BCUT2D eigenvalue weighted by atomic mass is 9.78. The van der Waals surface area contributed by atoms with Gasteiger partial charge < -0.3 is 16.0 Å². The number of nitrogens with one attached hydrogen (secondary N) is 1. The summed E-state index contributed by atoms with van der Waals surface area (Å²) in [6.45, 7) is 0.428. The molecule has 1 aromatic rings. The van der Waals surface area contributed by atoms with Crippen LogP contribution in [0.3, 0.4) is 0 Å². The van der Waals surface area contributed by atoms with Gasteiger partial charge in [-0.2, -0.15) is 0 Å². The SMILES string of the molecule is CN(C)C(c1ccccc1)C1CCC(NC(=O)CCN)CC1. The quantitative estimate of drug-likeness (QED) is 0.848. The van der Waals surface area contributed by atoms with Crippen molar-refractivity contribution in [2.45, 2.75) is 44.2 Å². The van der Waals surface area contributed by atoms with Crippen LogP contribution in [-0.2, 0) is 4.79 Å². The molecule has 1 unspecified atom stereocenters. The highest BCUT2D eigenvalue weighted by molar-refractivity contribution is 5.76. The third-order valence-corrected chi connectivity index (χ3v) is 4.65. The largest absolute Gasteiger partial charge is 0.353 e. The highest BCUT2D eigenvalue weighted by atomic mass is 16.1. The average Bonchev–Trinajstić information content (AvgIpc) is 2.50. The lowest BCUT2D eigenvalue weighted by Crippen LogP contribution is -2.40. The summed E-state index contributed by atoms with van der Waals surface area (Å²) in [5.41, 5.74) is 6.82. The fraction of sp³-hybridized carbons (Fsp3) is 0.611. The monoisotopic (exact) mass is 303 g/mol. The molecule has 0 bridgehead atoms. The van der Waals surface area contributed by atoms with Crippen LogP contribution in [0.25, 0.3) is 0 Å². The zero-order valence-corrected chi connectivity index (χ0v) is 13.8. The number of nitrogens with zero attached hydrogens (tertiary/aromatic N) is 1. The second-order valence-electron chi connectivity index (χ2n) is 6.54. The van der Waals surface area contributed by atoms with Crippen LogP contribution in [-0.4, -0.2) is 37.5 Å². The number of hydrogen-bond acceptors (Lipinski definition) is 3. The number of hydrogen-bond donors (Lipinski definition) is 2. The Bertz CT molecular complexity index is 453. The molecule has 1 saturated carbocycles. The first-order chi connectivity index (χ1) is 10.6. The van der Waals surface area contributed by atoms with E-state index in [0.29, 0.717) is 31.0 Å². The van der Waals surface area contributed by atoms with Crippen molar-refractivity contribution in [1.29, 1.82) is 0 Å². The normalized spacial score (nSPS) is 23.3. The molecule has 3 N–H and O–H groups in total. The first-order valence-electron chi connectivity index (χ1n) is 8.32. The molecule has 2 rings (SSSR count). The van der Waals surface area contributed by atoms with E-state index in [1.165, 1.54) is 5.56 Å². The van der Waals surface area contributed by atoms with E-state index in [1.807, 2.05) is 0 Å². The molecule has 1 aliphatic rings. The van der Waals surface area contributed by atoms with Gasteiger partial charge in [0.15, 0.2) is 0 Å². The molecule has 1 fully saturated rings. The van der Waals surface area contributed by atoms with Gasteiger partial charge in [0.25, 0.3) is 0 Å². The molecule has 1 aromatic carbocycles. The second kappa shape index (κ2) is 8.30. The molecule has 4 nitrogen and oxygen atoms in total. The van der Waals surface area contributed by atoms with Crippen LogP contribution in [0.15, 0.2) is 30.3 Å². The van der Waals surface area contributed by atoms with Crippen molar-refractivity contribution in [1.82, 2.24) is 10.2 Å². The molecule has 1 aliphatic carbocycles. The maximum Gasteiger partial charge on any atom is 0.221 e. The molecule has 0 radical (unpaired) electrons. The van der Waals surface area contributed by atoms with Gasteiger partial charge in [-0.05, 0) is 51.3 Å². The Labute approximate surface area is 134 Å². The molecule has 0 aromatic heterocycles. The van der Waals surface area contributed by atoms with Crippen LogP contribution < -0.4 is 11.1 Å². The van der Waals surface area contributed by atoms with Crippen molar-refractivity contribution in [3.8, 4) is 0 Å². The molecule has 4 heteroatoms. The van der Waals surface area contributed by atoms with E-state index >= 15 is 0 Å². The molecular weight excluding hydrogens is 274 g/mol. The Balaban J connectivity index is 1.93. The summed E-state index contributed by atoms with van der Waals surface area (Å²) in [6, 6.07) is 11.5. The molecular formula is C18H29N3O. The van der Waals surface area contributed by atoms with Crippen LogP contribution in [0.2, 0.25) is 0 Å². The topological polar surface area (TPSA) is 58.4 Å². The first kappa shape index (κ1) is 17.0. The molecule has 0 aliphatic heterocycles. The molecule has 0 spiro atoms. The summed E-state index contributed by atoms with van der Waals surface area (Å²) in [5.74, 6) is 0.748. The predicted molar refractivity (Wildman–Crippen MR) is 90.4 cm³/mol. The van der Waals surface area contributed by atoms with Crippen molar-refractivity contribution >= 4 is 5.91 Å². The van der Waals surface area contributed by atoms with Crippen LogP contribution in [0.4, 0.5) is 0 Å². The fourth-order valence-corrected chi connectivity index (χ4v) is 3.65. The summed E-state index contributed by atoms with van der Waals surface area (Å²) in [4.78, 5) is 14.0. The van der Waals surface area contributed by atoms with Gasteiger partial charge in [0.1, 0.15) is 0 Å². The average molecular weight is 303 g/mol. The Morgan fingerprint density at radius 1 is 1.23 bits per heavy atom. The molecule has 122 valence electrons. The summed E-state index contributed by atoms with van der Waals surface area (Å²) in [7, 11) is 4.32. The number of nitrogens with two attached hydrogens (primary N) is 1. The van der Waals surface area contributed by atoms with Crippen LogP contribution in [0.5, 0.6) is 0 Å². The van der Waals surface area contributed by atoms with Crippen molar-refractivity contribution in [3.63, 3.8) is 0 Å². The Morgan fingerprint density at radius 3 is 2.41 bits per heavy atom. The smallest absolute Gasteiger partial charge is 0.221 e. The van der Waals surface area contributed by atoms with E-state index in [2.05, 4.69) is 54.6 Å². The van der Waals surface area contributed by atoms with Crippen LogP contribution in [0, 0.1) is 5.92 Å². The lowest BCUT2D eigenvalue weighted by molar-refractivity contribution is -0.121. The number of rotatable bonds is 6. The lowest BCUT2D eigenvalue weighted by Gasteiger charge is -2.37. The van der Waals surface area contributed by atoms with Gasteiger partial charge in [-0.15, -0.1) is 0 Å². The van der Waals surface area contributed by atoms with Gasteiger partial charge in [-0.3, -0.25) is 4.79 Å². The van der Waals surface area contributed by atoms with Gasteiger partial charge in [-0.1, -0.05) is 30.3 Å². The number of carbonyl (C=O) groups is 1. The van der Waals surface area contributed by atoms with Crippen molar-refractivity contribution in [2.75, 3.05) is 20.6 Å². The van der Waals surface area contributed by atoms with Crippen molar-refractivity contribution < 1.29 is 4.79 Å². The number of benzene rings is 1. The van der Waals surface area contributed by atoms with E-state index in [9.17, 15) is 4.79 Å². The Morgan fingerprint density at radius 2 is 1.86 bits per heavy atom. The standard InChI is InChI=1S/C18H29N3O/c1-21(2)18(14-6-4-3-5-7-14)15-8-10-16(11-9-15)20-17(22)12-13-19/h3-7,15-16,18H,8-13,19H2,1-2H3,(H,20,22). The maximum absolute atomic E-state index is 11.7. The van der Waals surface area contributed by atoms with E-state index in [1.54, 1.807) is 0 Å². The van der Waals surface area contributed by atoms with Gasteiger partial charge in [0, 0.05) is 25.0 Å². The third kappa shape index (κ3) is 4.55. The highest BCUT2D eigenvalue weighted by Gasteiger charge is 2.30. The van der Waals surface area contributed by atoms with E-state index in [4.69, 9.17) is 5.73 Å². The number of amides is 1. The van der Waals surface area contributed by atoms with Crippen molar-refractivity contribution in [3.05, 3.63) is 35.9 Å². The summed E-state index contributed by atoms with van der Waals surface area (Å²) < 4.78 is 0. The van der Waals surface area contributed by atoms with E-state index in [0.717, 1.165) is 25.7 Å². The predicted octanol–water partition coefficient (Wildman–Crippen LogP) is 2.31. The minimum Gasteiger partial charge on any atom is -0.353 e. The van der Waals surface area contributed by atoms with Crippen LogP contribution >= 0.6 is 0 Å². The Kier molecular flexibility index (Phi) is 6.40. The van der Waals surface area contributed by atoms with Crippen molar-refractivity contribution in [2.24, 2.45) is 11.7 Å². The molecule has 0 heterocycles. The minimum atomic E-state index is 0.0955. The molecule has 1 atom stereocenters. The minimum absolute atomic E-state index is 0.0955. The summed E-state index contributed by atoms with van der Waals surface area (Å²) in [6.07, 6.45) is 4.89. The summed E-state index contributed by atoms with van der Waals surface area (Å²) in [5, 5.41) is 3.12. The molecule has 22 heavy (non-hydrogen) atoms. The van der Waals surface area contributed by atoms with Gasteiger partial charge in [0.05, 0.1) is 0 Å². The summed E-state index contributed by atoms with van der Waals surface area (Å²) >= 11 is 0. The zero-order valence-electron chi connectivity index (χ0n) is 13.8. The molecule has 1 amide bonds. The van der Waals surface area contributed by atoms with Gasteiger partial charge in [0.2, 0.25) is 5.91 Å². The second-order valence-corrected chi connectivity index (χ2v) is 6.54. The maximum atomic E-state index is 11.7. The van der Waals surface area contributed by atoms with Crippen LogP contribution in [0.1, 0.15) is 43.7 Å². The first-order valence-corrected chi connectivity index (χ1v) is 8.32. The Hall–Kier alpha value is -1.39.